The molecule has 3 atom stereocenters. The molecule has 2 aromatic rings. The molecule has 0 radical (unpaired) electrons. The number of benzene rings is 1. The van der Waals surface area contributed by atoms with E-state index in [0.717, 1.165) is 17.7 Å². The van der Waals surface area contributed by atoms with Crippen LogP contribution in [-0.2, 0) is 4.79 Å². The lowest BCUT2D eigenvalue weighted by atomic mass is 9.80. The predicted octanol–water partition coefficient (Wildman–Crippen LogP) is 2.64. The second kappa shape index (κ2) is 8.27. The van der Waals surface area contributed by atoms with Gasteiger partial charge in [-0.15, -0.1) is 0 Å². The molecule has 0 bridgehead atoms. The van der Waals surface area contributed by atoms with Crippen LogP contribution in [0.25, 0.3) is 0 Å². The number of nitrogens with one attached hydrogen (secondary N) is 2. The van der Waals surface area contributed by atoms with E-state index in [9.17, 15) is 9.59 Å². The van der Waals surface area contributed by atoms with E-state index in [1.807, 2.05) is 23.1 Å². The Morgan fingerprint density at radius 1 is 1.28 bits per heavy atom. The lowest BCUT2D eigenvalue weighted by Crippen LogP contribution is -2.49. The van der Waals surface area contributed by atoms with Crippen LogP contribution >= 0.6 is 0 Å². The van der Waals surface area contributed by atoms with Crippen molar-refractivity contribution in [3.63, 3.8) is 0 Å². The summed E-state index contributed by atoms with van der Waals surface area (Å²) < 4.78 is 0. The summed E-state index contributed by atoms with van der Waals surface area (Å²) in [6, 6.07) is 7.15. The number of amides is 2. The zero-order valence-electron chi connectivity index (χ0n) is 16.9. The molecule has 0 spiro atoms. The monoisotopic (exact) mass is 392 g/mol. The predicted molar refractivity (Wildman–Crippen MR) is 109 cm³/mol. The molecule has 8 heteroatoms. The van der Waals surface area contributed by atoms with E-state index in [2.05, 4.69) is 34.4 Å². The van der Waals surface area contributed by atoms with E-state index >= 15 is 0 Å². The Bertz CT molecular complexity index is 966. The summed E-state index contributed by atoms with van der Waals surface area (Å²) in [6.45, 7) is 5.69. The Balaban J connectivity index is 2.10. The molecule has 2 amide bonds. The number of nitrogens with zero attached hydrogens (tertiary/aromatic N) is 4. The maximum absolute atomic E-state index is 12.5. The van der Waals surface area contributed by atoms with Crippen LogP contribution in [0.1, 0.15) is 54.8 Å². The van der Waals surface area contributed by atoms with Gasteiger partial charge in [-0.1, -0.05) is 13.8 Å². The average molecular weight is 392 g/mol. The van der Waals surface area contributed by atoms with Gasteiger partial charge in [0.05, 0.1) is 18.4 Å². The van der Waals surface area contributed by atoms with Gasteiger partial charge in [-0.05, 0) is 30.2 Å². The number of nitriles is 1. The van der Waals surface area contributed by atoms with Crippen LogP contribution in [0.4, 0.5) is 11.5 Å². The van der Waals surface area contributed by atoms with Crippen LogP contribution in [-0.4, -0.2) is 34.9 Å². The maximum atomic E-state index is 12.5. The van der Waals surface area contributed by atoms with Crippen molar-refractivity contribution >= 4 is 23.3 Å². The molecular weight excluding hydrogens is 368 g/mol. The van der Waals surface area contributed by atoms with Gasteiger partial charge in [-0.25, -0.2) is 9.97 Å². The highest BCUT2D eigenvalue weighted by Crippen LogP contribution is 2.43. The van der Waals surface area contributed by atoms with Crippen molar-refractivity contribution < 1.29 is 9.59 Å². The third-order valence-electron chi connectivity index (χ3n) is 5.40. The third-order valence-corrected chi connectivity index (χ3v) is 5.40. The van der Waals surface area contributed by atoms with Crippen LogP contribution in [0.5, 0.6) is 0 Å². The summed E-state index contributed by atoms with van der Waals surface area (Å²) >= 11 is 0. The summed E-state index contributed by atoms with van der Waals surface area (Å²) in [7, 11) is 1.58. The number of carbonyl (C=O) groups is 2. The lowest BCUT2D eigenvalue weighted by Gasteiger charge is -2.45. The minimum atomic E-state index is -0.190. The molecule has 0 aliphatic carbocycles. The first-order valence-electron chi connectivity index (χ1n) is 9.55. The average Bonchev–Trinajstić information content (AvgIpc) is 2.74. The molecule has 0 fully saturated rings. The first kappa shape index (κ1) is 20.3. The van der Waals surface area contributed by atoms with Crippen LogP contribution in [0, 0.1) is 17.2 Å². The third kappa shape index (κ3) is 3.76. The van der Waals surface area contributed by atoms with Gasteiger partial charge in [0.25, 0.3) is 5.91 Å². The van der Waals surface area contributed by atoms with Crippen molar-refractivity contribution in [2.24, 2.45) is 5.92 Å². The molecule has 2 heterocycles. The van der Waals surface area contributed by atoms with E-state index in [-0.39, 0.29) is 35.5 Å². The lowest BCUT2D eigenvalue weighted by molar-refractivity contribution is -0.117. The molecule has 0 saturated carbocycles. The van der Waals surface area contributed by atoms with Crippen LogP contribution < -0.4 is 15.5 Å². The Labute approximate surface area is 170 Å². The Morgan fingerprint density at radius 2 is 2.03 bits per heavy atom. The van der Waals surface area contributed by atoms with Crippen LogP contribution in [0.2, 0.25) is 0 Å². The summed E-state index contributed by atoms with van der Waals surface area (Å²) in [5.41, 5.74) is 2.40. The quantitative estimate of drug-likeness (QED) is 0.827. The van der Waals surface area contributed by atoms with E-state index in [1.165, 1.54) is 12.4 Å². The maximum Gasteiger partial charge on any atom is 0.251 e. The summed E-state index contributed by atoms with van der Waals surface area (Å²) in [6.07, 6.45) is 3.72. The van der Waals surface area contributed by atoms with Crippen molar-refractivity contribution in [2.75, 3.05) is 17.3 Å². The van der Waals surface area contributed by atoms with E-state index in [1.54, 1.807) is 20.0 Å². The van der Waals surface area contributed by atoms with Gasteiger partial charge in [0.1, 0.15) is 11.9 Å². The first-order valence-corrected chi connectivity index (χ1v) is 9.55. The summed E-state index contributed by atoms with van der Waals surface area (Å²) in [5.74, 6) is 0.357. The standard InChI is InChI=1S/C21H24N6O2/c1-5-17-12(2)20(26-19-11-24-15(9-22)10-25-19)16-8-14(21(29)23-4)6-7-18(16)27(17)13(3)28/h6-8,10-12,17,20H,5H2,1-4H3,(H,23,29)(H,25,26). The number of hydrogen-bond acceptors (Lipinski definition) is 6. The van der Waals surface area contributed by atoms with E-state index in [4.69, 9.17) is 5.26 Å². The topological polar surface area (TPSA) is 111 Å². The van der Waals surface area contributed by atoms with Gasteiger partial charge < -0.3 is 15.5 Å². The van der Waals surface area contributed by atoms with Gasteiger partial charge in [0.2, 0.25) is 5.91 Å². The number of anilines is 2. The van der Waals surface area contributed by atoms with Crippen molar-refractivity contribution in [3.05, 3.63) is 47.4 Å². The van der Waals surface area contributed by atoms with Gasteiger partial charge in [-0.3, -0.25) is 9.59 Å². The second-order valence-corrected chi connectivity index (χ2v) is 7.10. The van der Waals surface area contributed by atoms with Crippen molar-refractivity contribution in [1.82, 2.24) is 15.3 Å². The molecule has 1 aromatic carbocycles. The van der Waals surface area contributed by atoms with E-state index < -0.39 is 0 Å². The first-order chi connectivity index (χ1) is 13.9. The molecule has 1 aliphatic heterocycles. The fourth-order valence-electron chi connectivity index (χ4n) is 4.01. The molecular formula is C21H24N6O2. The highest BCUT2D eigenvalue weighted by Gasteiger charge is 2.40. The highest BCUT2D eigenvalue weighted by atomic mass is 16.2. The molecule has 1 aliphatic rings. The molecule has 29 heavy (non-hydrogen) atoms. The molecule has 3 unspecified atom stereocenters. The molecule has 0 saturated heterocycles. The van der Waals surface area contributed by atoms with Gasteiger partial charge in [0.15, 0.2) is 5.69 Å². The summed E-state index contributed by atoms with van der Waals surface area (Å²) in [5, 5.41) is 15.0. The number of carbonyl (C=O) groups excluding carboxylic acids is 2. The van der Waals surface area contributed by atoms with E-state index in [0.29, 0.717) is 11.4 Å². The number of aromatic nitrogens is 2. The van der Waals surface area contributed by atoms with Gasteiger partial charge >= 0.3 is 0 Å². The Hall–Kier alpha value is -3.47. The number of fused-ring (bicyclic) bond motifs is 1. The van der Waals surface area contributed by atoms with Gasteiger partial charge in [0, 0.05) is 37.2 Å². The van der Waals surface area contributed by atoms with Crippen molar-refractivity contribution in [1.29, 1.82) is 5.26 Å². The normalized spacial score (nSPS) is 20.4. The zero-order valence-corrected chi connectivity index (χ0v) is 16.9. The largest absolute Gasteiger partial charge is 0.362 e. The Morgan fingerprint density at radius 3 is 2.59 bits per heavy atom. The number of hydrogen-bond donors (Lipinski definition) is 2. The Kier molecular flexibility index (Phi) is 5.78. The smallest absolute Gasteiger partial charge is 0.251 e. The van der Waals surface area contributed by atoms with Crippen LogP contribution in [0.3, 0.4) is 0 Å². The van der Waals surface area contributed by atoms with Gasteiger partial charge in [-0.2, -0.15) is 5.26 Å². The fraction of sp³-hybridized carbons (Fsp3) is 0.381. The zero-order chi connectivity index (χ0) is 21.1. The molecule has 150 valence electrons. The minimum Gasteiger partial charge on any atom is -0.362 e. The van der Waals surface area contributed by atoms with Crippen molar-refractivity contribution in [2.45, 2.75) is 39.3 Å². The summed E-state index contributed by atoms with van der Waals surface area (Å²) in [4.78, 5) is 34.8. The molecule has 3 rings (SSSR count). The van der Waals surface area contributed by atoms with Crippen LogP contribution in [0.15, 0.2) is 30.6 Å². The molecule has 2 N–H and O–H groups in total. The second-order valence-electron chi connectivity index (χ2n) is 7.10. The number of rotatable bonds is 4. The minimum absolute atomic E-state index is 0.00491. The van der Waals surface area contributed by atoms with Crippen molar-refractivity contribution in [3.8, 4) is 6.07 Å². The molecule has 8 nitrogen and oxygen atoms in total. The molecule has 1 aromatic heterocycles. The fourth-order valence-corrected chi connectivity index (χ4v) is 4.01. The highest BCUT2D eigenvalue weighted by molar-refractivity contribution is 5.97. The SMILES string of the molecule is CCC1C(C)C(Nc2cnc(C#N)cn2)c2cc(C(=O)NC)ccc2N1C(C)=O.